The van der Waals surface area contributed by atoms with Crippen molar-refractivity contribution in [2.75, 3.05) is 20.1 Å². The smallest absolute Gasteiger partial charge is 0.224 e. The maximum atomic E-state index is 11.9. The number of hydrogen-bond donors (Lipinski definition) is 2. The van der Waals surface area contributed by atoms with E-state index in [0.717, 1.165) is 12.6 Å². The molecule has 2 atom stereocenters. The van der Waals surface area contributed by atoms with E-state index in [1.54, 1.807) is 0 Å². The molecular weight excluding hydrogens is 214 g/mol. The minimum absolute atomic E-state index is 0.0616. The molecule has 0 spiro atoms. The third kappa shape index (κ3) is 4.28. The van der Waals surface area contributed by atoms with E-state index in [2.05, 4.69) is 24.2 Å². The number of nitrogens with zero attached hydrogens (tertiary/aromatic N) is 1. The molecule has 1 fully saturated rings. The highest BCUT2D eigenvalue weighted by molar-refractivity contribution is 5.79. The number of likely N-dealkylation sites (N-methyl/N-ethyl adjacent to an activating group) is 1. The monoisotopic (exact) mass is 241 g/mol. The van der Waals surface area contributed by atoms with Crippen molar-refractivity contribution < 1.29 is 4.79 Å². The van der Waals surface area contributed by atoms with Gasteiger partial charge < -0.3 is 11.1 Å². The molecule has 0 saturated heterocycles. The van der Waals surface area contributed by atoms with Crippen molar-refractivity contribution in [3.05, 3.63) is 0 Å². The van der Waals surface area contributed by atoms with Crippen molar-refractivity contribution in [1.29, 1.82) is 0 Å². The highest BCUT2D eigenvalue weighted by Gasteiger charge is 2.29. The molecule has 17 heavy (non-hydrogen) atoms. The average Bonchev–Trinajstić information content (AvgIpc) is 3.09. The first-order chi connectivity index (χ1) is 7.97. The van der Waals surface area contributed by atoms with E-state index < -0.39 is 0 Å². The summed E-state index contributed by atoms with van der Waals surface area (Å²) in [6.45, 7) is 7.38. The molecule has 3 N–H and O–H groups in total. The Morgan fingerprint density at radius 3 is 2.41 bits per heavy atom. The van der Waals surface area contributed by atoms with E-state index in [1.807, 2.05) is 13.8 Å². The third-order valence-electron chi connectivity index (χ3n) is 3.79. The van der Waals surface area contributed by atoms with Gasteiger partial charge in [-0.25, -0.2) is 0 Å². The lowest BCUT2D eigenvalue weighted by Gasteiger charge is -2.26. The summed E-state index contributed by atoms with van der Waals surface area (Å²) < 4.78 is 0. The lowest BCUT2D eigenvalue weighted by atomic mass is 9.95. The Balaban J connectivity index is 2.30. The largest absolute Gasteiger partial charge is 0.354 e. The fourth-order valence-electron chi connectivity index (χ4n) is 2.05. The first kappa shape index (κ1) is 14.5. The Labute approximate surface area is 105 Å². The molecule has 4 heteroatoms. The number of carbonyl (C=O) groups excluding carboxylic acids is 1. The van der Waals surface area contributed by atoms with Crippen LogP contribution in [0.15, 0.2) is 0 Å². The van der Waals surface area contributed by atoms with Crippen molar-refractivity contribution in [2.45, 2.75) is 45.7 Å². The van der Waals surface area contributed by atoms with E-state index in [-0.39, 0.29) is 11.8 Å². The average molecular weight is 241 g/mol. The second-order valence-electron chi connectivity index (χ2n) is 5.58. The van der Waals surface area contributed by atoms with Gasteiger partial charge in [-0.2, -0.15) is 0 Å². The van der Waals surface area contributed by atoms with Crippen LogP contribution < -0.4 is 11.1 Å². The Hall–Kier alpha value is -0.610. The van der Waals surface area contributed by atoms with Crippen molar-refractivity contribution in [3.63, 3.8) is 0 Å². The zero-order valence-electron chi connectivity index (χ0n) is 11.6. The summed E-state index contributed by atoms with van der Waals surface area (Å²) in [7, 11) is 2.14. The maximum Gasteiger partial charge on any atom is 0.224 e. The lowest BCUT2D eigenvalue weighted by Crippen LogP contribution is -2.45. The van der Waals surface area contributed by atoms with Crippen molar-refractivity contribution in [1.82, 2.24) is 10.2 Å². The van der Waals surface area contributed by atoms with E-state index in [0.29, 0.717) is 18.5 Å². The standard InChI is InChI=1S/C13H27N3O/c1-9(2)12(7-14)13(17)15-8-10(3)16(4)11-5-6-11/h9-12H,5-8,14H2,1-4H3,(H,15,17). The first-order valence-corrected chi connectivity index (χ1v) is 6.67. The minimum Gasteiger partial charge on any atom is -0.354 e. The molecule has 1 amide bonds. The molecule has 1 aliphatic rings. The Morgan fingerprint density at radius 2 is 2.00 bits per heavy atom. The molecule has 0 aromatic carbocycles. The van der Waals surface area contributed by atoms with Crippen molar-refractivity contribution >= 4 is 5.91 Å². The normalized spacial score (nSPS) is 19.5. The van der Waals surface area contributed by atoms with Crippen LogP contribution in [0.3, 0.4) is 0 Å². The van der Waals surface area contributed by atoms with Gasteiger partial charge in [-0.3, -0.25) is 9.69 Å². The quantitative estimate of drug-likeness (QED) is 0.693. The summed E-state index contributed by atoms with van der Waals surface area (Å²) in [5.74, 6) is 0.337. The highest BCUT2D eigenvalue weighted by Crippen LogP contribution is 2.26. The summed E-state index contributed by atoms with van der Waals surface area (Å²) in [4.78, 5) is 14.3. The third-order valence-corrected chi connectivity index (χ3v) is 3.79. The van der Waals surface area contributed by atoms with Gasteiger partial charge in [0.15, 0.2) is 0 Å². The van der Waals surface area contributed by atoms with Gasteiger partial charge in [0.1, 0.15) is 0 Å². The number of carbonyl (C=O) groups is 1. The van der Waals surface area contributed by atoms with Crippen LogP contribution in [-0.2, 0) is 4.79 Å². The van der Waals surface area contributed by atoms with Gasteiger partial charge in [0, 0.05) is 25.2 Å². The topological polar surface area (TPSA) is 58.4 Å². The lowest BCUT2D eigenvalue weighted by molar-refractivity contribution is -0.126. The highest BCUT2D eigenvalue weighted by atomic mass is 16.1. The molecule has 0 aliphatic heterocycles. The van der Waals surface area contributed by atoms with Gasteiger partial charge >= 0.3 is 0 Å². The molecule has 0 bridgehead atoms. The molecule has 4 nitrogen and oxygen atoms in total. The Bertz CT molecular complexity index is 251. The van der Waals surface area contributed by atoms with Gasteiger partial charge in [0.25, 0.3) is 0 Å². The Kier molecular flexibility index (Phi) is 5.40. The number of hydrogen-bond acceptors (Lipinski definition) is 3. The van der Waals surface area contributed by atoms with Gasteiger partial charge in [-0.1, -0.05) is 13.8 Å². The number of amides is 1. The van der Waals surface area contributed by atoms with Gasteiger partial charge in [0.05, 0.1) is 5.92 Å². The predicted octanol–water partition coefficient (Wildman–Crippen LogP) is 0.816. The summed E-state index contributed by atoms with van der Waals surface area (Å²) >= 11 is 0. The SMILES string of the molecule is CC(C)C(CN)C(=O)NCC(C)N(C)C1CC1. The van der Waals surface area contributed by atoms with E-state index in [9.17, 15) is 4.79 Å². The van der Waals surface area contributed by atoms with Crippen LogP contribution in [0.2, 0.25) is 0 Å². The van der Waals surface area contributed by atoms with E-state index >= 15 is 0 Å². The molecule has 0 aromatic heterocycles. The zero-order valence-corrected chi connectivity index (χ0v) is 11.6. The Morgan fingerprint density at radius 1 is 1.41 bits per heavy atom. The molecule has 1 aliphatic carbocycles. The summed E-state index contributed by atoms with van der Waals surface area (Å²) in [5.41, 5.74) is 5.63. The molecule has 1 saturated carbocycles. The van der Waals surface area contributed by atoms with Crippen LogP contribution in [0, 0.1) is 11.8 Å². The number of nitrogens with one attached hydrogen (secondary N) is 1. The number of nitrogens with two attached hydrogens (primary N) is 1. The second kappa shape index (κ2) is 6.36. The molecule has 1 rings (SSSR count). The zero-order chi connectivity index (χ0) is 13.0. The predicted molar refractivity (Wildman–Crippen MR) is 70.6 cm³/mol. The summed E-state index contributed by atoms with van der Waals surface area (Å²) in [6.07, 6.45) is 2.60. The van der Waals surface area contributed by atoms with Crippen molar-refractivity contribution in [2.24, 2.45) is 17.6 Å². The summed E-state index contributed by atoms with van der Waals surface area (Å²) in [6, 6.07) is 1.13. The van der Waals surface area contributed by atoms with Crippen molar-refractivity contribution in [3.8, 4) is 0 Å². The van der Waals surface area contributed by atoms with Crippen LogP contribution in [0.5, 0.6) is 0 Å². The molecule has 0 aromatic rings. The van der Waals surface area contributed by atoms with Crippen LogP contribution in [0.4, 0.5) is 0 Å². The van der Waals surface area contributed by atoms with Gasteiger partial charge in [-0.15, -0.1) is 0 Å². The number of rotatable bonds is 7. The first-order valence-electron chi connectivity index (χ1n) is 6.67. The molecule has 100 valence electrons. The van der Waals surface area contributed by atoms with Crippen LogP contribution >= 0.6 is 0 Å². The molecule has 0 radical (unpaired) electrons. The van der Waals surface area contributed by atoms with Crippen LogP contribution in [0.25, 0.3) is 0 Å². The molecule has 2 unspecified atom stereocenters. The maximum absolute atomic E-state index is 11.9. The van der Waals surface area contributed by atoms with E-state index in [4.69, 9.17) is 5.73 Å². The van der Waals surface area contributed by atoms with E-state index in [1.165, 1.54) is 12.8 Å². The molecular formula is C13H27N3O. The summed E-state index contributed by atoms with van der Waals surface area (Å²) in [5, 5.41) is 3.02. The van der Waals surface area contributed by atoms with Crippen LogP contribution in [-0.4, -0.2) is 43.0 Å². The second-order valence-corrected chi connectivity index (χ2v) is 5.58. The molecule has 0 heterocycles. The fraction of sp³-hybridized carbons (Fsp3) is 0.923. The van der Waals surface area contributed by atoms with Gasteiger partial charge in [0.2, 0.25) is 5.91 Å². The minimum atomic E-state index is -0.0616. The fourth-order valence-corrected chi connectivity index (χ4v) is 2.05. The van der Waals surface area contributed by atoms with Gasteiger partial charge in [-0.05, 0) is 32.7 Å². The van der Waals surface area contributed by atoms with Crippen LogP contribution in [0.1, 0.15) is 33.6 Å².